The number of hydrogen-bond donors (Lipinski definition) is 1. The molecule has 1 aromatic heterocycles. The Morgan fingerprint density at radius 1 is 0.865 bits per heavy atom. The number of sulfonamides is 1. The van der Waals surface area contributed by atoms with Crippen LogP contribution in [0, 0.1) is 11.6 Å². The fourth-order valence-electron chi connectivity index (χ4n) is 3.53. The number of nitrogens with zero attached hydrogens (tertiary/aromatic N) is 2. The van der Waals surface area contributed by atoms with Crippen LogP contribution in [0.2, 0.25) is 0 Å². The van der Waals surface area contributed by atoms with Gasteiger partial charge in [-0.15, -0.1) is 0 Å². The van der Waals surface area contributed by atoms with Crippen molar-refractivity contribution >= 4 is 27.7 Å². The lowest BCUT2D eigenvalue weighted by molar-refractivity contribution is -0.111. The third-order valence-electron chi connectivity index (χ3n) is 5.47. The Balaban J connectivity index is 1.53. The van der Waals surface area contributed by atoms with Crippen LogP contribution in [-0.4, -0.2) is 23.6 Å². The molecule has 4 aromatic rings. The summed E-state index contributed by atoms with van der Waals surface area (Å²) in [6, 6.07) is 20.6. The molecule has 0 aliphatic rings. The van der Waals surface area contributed by atoms with Gasteiger partial charge in [0.15, 0.2) is 0 Å². The number of benzene rings is 3. The van der Waals surface area contributed by atoms with Gasteiger partial charge in [0.25, 0.3) is 0 Å². The summed E-state index contributed by atoms with van der Waals surface area (Å²) in [4.78, 5) is 16.1. The third-order valence-corrected chi connectivity index (χ3v) is 7.28. The Hall–Kier alpha value is -4.21. The highest BCUT2D eigenvalue weighted by Gasteiger charge is 2.26. The molecule has 1 N–H and O–H groups in total. The molecule has 0 radical (unpaired) electrons. The van der Waals surface area contributed by atoms with Crippen LogP contribution in [-0.2, 0) is 27.9 Å². The van der Waals surface area contributed by atoms with Gasteiger partial charge in [-0.25, -0.2) is 17.2 Å². The summed E-state index contributed by atoms with van der Waals surface area (Å²) in [6.07, 6.45) is 6.22. The van der Waals surface area contributed by atoms with E-state index in [2.05, 4.69) is 10.3 Å². The largest absolute Gasteiger partial charge is 0.323 e. The summed E-state index contributed by atoms with van der Waals surface area (Å²) < 4.78 is 55.9. The molecule has 0 aliphatic heterocycles. The van der Waals surface area contributed by atoms with E-state index in [0.717, 1.165) is 9.87 Å². The van der Waals surface area contributed by atoms with Crippen LogP contribution >= 0.6 is 0 Å². The summed E-state index contributed by atoms with van der Waals surface area (Å²) in [5.74, 6) is -1.36. The van der Waals surface area contributed by atoms with Gasteiger partial charge in [-0.05, 0) is 71.8 Å². The van der Waals surface area contributed by atoms with Crippen molar-refractivity contribution in [1.29, 1.82) is 0 Å². The van der Waals surface area contributed by atoms with Gasteiger partial charge >= 0.3 is 0 Å². The van der Waals surface area contributed by atoms with Crippen LogP contribution in [0.3, 0.4) is 0 Å². The maximum absolute atomic E-state index is 14.4. The lowest BCUT2D eigenvalue weighted by atomic mass is 10.2. The molecular formula is C28H23F2N3O3S. The number of anilines is 1. The summed E-state index contributed by atoms with van der Waals surface area (Å²) >= 11 is 0. The zero-order valence-electron chi connectivity index (χ0n) is 19.6. The molecule has 0 saturated heterocycles. The maximum atomic E-state index is 14.4. The maximum Gasteiger partial charge on any atom is 0.248 e. The van der Waals surface area contributed by atoms with Crippen LogP contribution in [0.25, 0.3) is 6.08 Å². The number of carbonyl (C=O) groups is 1. The van der Waals surface area contributed by atoms with Crippen molar-refractivity contribution < 1.29 is 22.0 Å². The SMILES string of the molecule is O=C(/C=C/c1ccncc1)Nc1ccc(S(=O)(=O)N(Cc2ccc(F)cc2)Cc2ccccc2F)cc1. The Morgan fingerprint density at radius 2 is 1.54 bits per heavy atom. The standard InChI is InChI=1S/C28H23F2N3O3S/c29-24-8-5-22(6-9-24)19-33(20-23-3-1-2-4-27(23)30)37(35,36)26-12-10-25(11-13-26)32-28(34)14-7-21-15-17-31-18-16-21/h1-18H,19-20H2,(H,32,34)/b14-7+. The molecule has 188 valence electrons. The smallest absolute Gasteiger partial charge is 0.248 e. The van der Waals surface area contributed by atoms with Gasteiger partial charge in [0.05, 0.1) is 4.90 Å². The Labute approximate surface area is 214 Å². The van der Waals surface area contributed by atoms with Crippen LogP contribution in [0.15, 0.2) is 108 Å². The van der Waals surface area contributed by atoms with Gasteiger partial charge < -0.3 is 5.32 Å². The zero-order chi connectivity index (χ0) is 26.3. The summed E-state index contributed by atoms with van der Waals surface area (Å²) in [6.45, 7) is -0.306. The van der Waals surface area contributed by atoms with Crippen molar-refractivity contribution in [1.82, 2.24) is 9.29 Å². The average Bonchev–Trinajstić information content (AvgIpc) is 2.90. The van der Waals surface area contributed by atoms with Crippen molar-refractivity contribution in [2.75, 3.05) is 5.32 Å². The normalized spacial score (nSPS) is 11.6. The molecule has 4 rings (SSSR count). The van der Waals surface area contributed by atoms with Crippen molar-refractivity contribution in [2.45, 2.75) is 18.0 Å². The highest BCUT2D eigenvalue weighted by molar-refractivity contribution is 7.89. The molecule has 37 heavy (non-hydrogen) atoms. The second-order valence-electron chi connectivity index (χ2n) is 8.12. The lowest BCUT2D eigenvalue weighted by Crippen LogP contribution is -2.30. The Morgan fingerprint density at radius 3 is 2.22 bits per heavy atom. The predicted octanol–water partition coefficient (Wildman–Crippen LogP) is 5.40. The first kappa shape index (κ1) is 25.9. The fraction of sp³-hybridized carbons (Fsp3) is 0.0714. The van der Waals surface area contributed by atoms with Gasteiger partial charge in [-0.3, -0.25) is 9.78 Å². The van der Waals surface area contributed by atoms with Gasteiger partial charge in [0, 0.05) is 42.8 Å². The van der Waals surface area contributed by atoms with E-state index in [1.807, 2.05) is 0 Å². The van der Waals surface area contributed by atoms with Crippen LogP contribution in [0.1, 0.15) is 16.7 Å². The molecule has 0 saturated carbocycles. The Kier molecular flexibility index (Phi) is 8.17. The molecule has 0 fully saturated rings. The molecule has 3 aromatic carbocycles. The monoisotopic (exact) mass is 519 g/mol. The fourth-order valence-corrected chi connectivity index (χ4v) is 4.93. The van der Waals surface area contributed by atoms with E-state index < -0.39 is 21.7 Å². The first-order chi connectivity index (χ1) is 17.8. The number of halogens is 2. The predicted molar refractivity (Wildman–Crippen MR) is 138 cm³/mol. The van der Waals surface area contributed by atoms with E-state index >= 15 is 0 Å². The first-order valence-electron chi connectivity index (χ1n) is 11.3. The number of aromatic nitrogens is 1. The second-order valence-corrected chi connectivity index (χ2v) is 10.1. The quantitative estimate of drug-likeness (QED) is 0.300. The first-order valence-corrected chi connectivity index (χ1v) is 12.7. The number of pyridine rings is 1. The van der Waals surface area contributed by atoms with E-state index in [1.165, 1.54) is 72.8 Å². The molecule has 9 heteroatoms. The van der Waals surface area contributed by atoms with E-state index in [-0.39, 0.29) is 29.5 Å². The molecule has 1 heterocycles. The summed E-state index contributed by atoms with van der Waals surface area (Å²) in [5, 5.41) is 2.68. The molecule has 0 bridgehead atoms. The van der Waals surface area contributed by atoms with Crippen LogP contribution < -0.4 is 5.32 Å². The van der Waals surface area contributed by atoms with Gasteiger partial charge in [-0.2, -0.15) is 4.31 Å². The molecule has 6 nitrogen and oxygen atoms in total. The van der Waals surface area contributed by atoms with Gasteiger partial charge in [0.1, 0.15) is 11.6 Å². The molecular weight excluding hydrogens is 496 g/mol. The van der Waals surface area contributed by atoms with Crippen LogP contribution in [0.4, 0.5) is 14.5 Å². The molecule has 0 unspecified atom stereocenters. The van der Waals surface area contributed by atoms with Crippen molar-refractivity contribution in [3.8, 4) is 0 Å². The minimum Gasteiger partial charge on any atom is -0.323 e. The molecule has 0 atom stereocenters. The van der Waals surface area contributed by atoms with E-state index in [9.17, 15) is 22.0 Å². The number of hydrogen-bond acceptors (Lipinski definition) is 4. The van der Waals surface area contributed by atoms with Crippen molar-refractivity contribution in [3.05, 3.63) is 132 Å². The van der Waals surface area contributed by atoms with Gasteiger partial charge in [-0.1, -0.05) is 30.3 Å². The van der Waals surface area contributed by atoms with Crippen molar-refractivity contribution in [2.24, 2.45) is 0 Å². The van der Waals surface area contributed by atoms with Gasteiger partial charge in [0.2, 0.25) is 15.9 Å². The van der Waals surface area contributed by atoms with E-state index in [4.69, 9.17) is 0 Å². The average molecular weight is 520 g/mol. The number of carbonyl (C=O) groups excluding carboxylic acids is 1. The van der Waals surface area contributed by atoms with E-state index in [1.54, 1.807) is 36.7 Å². The molecule has 0 aliphatic carbocycles. The van der Waals surface area contributed by atoms with E-state index in [0.29, 0.717) is 11.3 Å². The zero-order valence-corrected chi connectivity index (χ0v) is 20.4. The molecule has 0 spiro atoms. The topological polar surface area (TPSA) is 79.4 Å². The van der Waals surface area contributed by atoms with Crippen LogP contribution in [0.5, 0.6) is 0 Å². The highest BCUT2D eigenvalue weighted by atomic mass is 32.2. The summed E-state index contributed by atoms with van der Waals surface area (Å²) in [7, 11) is -4.08. The summed E-state index contributed by atoms with van der Waals surface area (Å²) in [5.41, 5.74) is 1.97. The lowest BCUT2D eigenvalue weighted by Gasteiger charge is -2.23. The Bertz CT molecular complexity index is 1490. The second kappa shape index (κ2) is 11.7. The van der Waals surface area contributed by atoms with Crippen molar-refractivity contribution in [3.63, 3.8) is 0 Å². The number of amides is 1. The number of rotatable bonds is 9. The third kappa shape index (κ3) is 6.93. The molecule has 1 amide bonds. The number of nitrogens with one attached hydrogen (secondary N) is 1. The minimum atomic E-state index is -4.08. The minimum absolute atomic E-state index is 0.0312. The highest BCUT2D eigenvalue weighted by Crippen LogP contribution is 2.24.